The highest BCUT2D eigenvalue weighted by atomic mass is 35.5. The molecule has 1 aliphatic rings. The van der Waals surface area contributed by atoms with Crippen molar-refractivity contribution in [2.45, 2.75) is 10.6 Å². The molecule has 0 unspecified atom stereocenters. The number of nitrogens with zero attached hydrogens (tertiary/aromatic N) is 1. The van der Waals surface area contributed by atoms with Gasteiger partial charge < -0.3 is 19.1 Å². The van der Waals surface area contributed by atoms with E-state index in [4.69, 9.17) is 37.4 Å². The van der Waals surface area contributed by atoms with Gasteiger partial charge in [0.2, 0.25) is 0 Å². The van der Waals surface area contributed by atoms with E-state index < -0.39 is 11.9 Å². The molecule has 0 saturated heterocycles. The zero-order valence-electron chi connectivity index (χ0n) is 16.3. The summed E-state index contributed by atoms with van der Waals surface area (Å²) in [6.07, 6.45) is 0. The van der Waals surface area contributed by atoms with Crippen LogP contribution < -0.4 is 4.90 Å². The van der Waals surface area contributed by atoms with Crippen LogP contribution in [0.4, 0.5) is 5.69 Å². The highest BCUT2D eigenvalue weighted by Gasteiger charge is 2.32. The number of ether oxygens (including phenoxy) is 3. The molecule has 9 heteroatoms. The maximum absolute atomic E-state index is 12.4. The maximum atomic E-state index is 12.4. The Bertz CT molecular complexity index is 978. The summed E-state index contributed by atoms with van der Waals surface area (Å²) in [5.74, 6) is -0.580. The van der Waals surface area contributed by atoms with Crippen LogP contribution in [-0.2, 0) is 29.6 Å². The molecule has 2 aromatic carbocycles. The van der Waals surface area contributed by atoms with Crippen LogP contribution in [0.15, 0.2) is 58.6 Å². The van der Waals surface area contributed by atoms with E-state index in [1.54, 1.807) is 22.7 Å². The second-order valence-electron chi connectivity index (χ2n) is 6.23. The fourth-order valence-corrected chi connectivity index (χ4v) is 4.33. The van der Waals surface area contributed by atoms with Gasteiger partial charge in [0.1, 0.15) is 12.4 Å². The first-order chi connectivity index (χ1) is 14.4. The Kier molecular flexibility index (Phi) is 7.66. The molecule has 0 amide bonds. The van der Waals surface area contributed by atoms with Gasteiger partial charge in [-0.3, -0.25) is 0 Å². The molecule has 0 radical (unpaired) electrons. The summed E-state index contributed by atoms with van der Waals surface area (Å²) in [7, 11) is 2.52. The van der Waals surface area contributed by atoms with Gasteiger partial charge in [-0.25, -0.2) is 9.59 Å². The lowest BCUT2D eigenvalue weighted by atomic mass is 10.1. The van der Waals surface area contributed by atoms with E-state index in [2.05, 4.69) is 0 Å². The predicted molar refractivity (Wildman–Crippen MR) is 117 cm³/mol. The minimum Gasteiger partial charge on any atom is -0.466 e. The number of thioether (sulfide) groups is 1. The van der Waals surface area contributed by atoms with Crippen LogP contribution in [0.1, 0.15) is 5.56 Å². The molecule has 0 spiro atoms. The molecule has 158 valence electrons. The Labute approximate surface area is 188 Å². The van der Waals surface area contributed by atoms with Gasteiger partial charge in [-0.2, -0.15) is 0 Å². The zero-order chi connectivity index (χ0) is 21.7. The van der Waals surface area contributed by atoms with Crippen molar-refractivity contribution in [3.8, 4) is 0 Å². The van der Waals surface area contributed by atoms with Gasteiger partial charge in [-0.1, -0.05) is 29.3 Å². The number of methoxy groups -OCH3 is 2. The molecule has 0 N–H and O–H groups in total. The van der Waals surface area contributed by atoms with Gasteiger partial charge in [-0.05, 0) is 42.0 Å². The second-order valence-corrected chi connectivity index (χ2v) is 8.13. The third-order valence-electron chi connectivity index (χ3n) is 4.39. The van der Waals surface area contributed by atoms with Crippen molar-refractivity contribution in [3.63, 3.8) is 0 Å². The first-order valence-corrected chi connectivity index (χ1v) is 10.6. The summed E-state index contributed by atoms with van der Waals surface area (Å²) in [5, 5.41) is 1.22. The van der Waals surface area contributed by atoms with Gasteiger partial charge in [-0.15, -0.1) is 11.8 Å². The second kappa shape index (κ2) is 10.2. The highest BCUT2D eigenvalue weighted by Crippen LogP contribution is 2.31. The first-order valence-electron chi connectivity index (χ1n) is 8.86. The minimum absolute atomic E-state index is 0.0244. The zero-order valence-corrected chi connectivity index (χ0v) is 18.6. The molecule has 2 aromatic rings. The monoisotopic (exact) mass is 467 g/mol. The molecular weight excluding hydrogens is 449 g/mol. The predicted octanol–water partition coefficient (Wildman–Crippen LogP) is 4.68. The first kappa shape index (κ1) is 22.5. The van der Waals surface area contributed by atoms with Crippen LogP contribution in [0.25, 0.3) is 0 Å². The number of hydrogen-bond acceptors (Lipinski definition) is 7. The lowest BCUT2D eigenvalue weighted by Crippen LogP contribution is -2.38. The number of hydrogen-bond donors (Lipinski definition) is 0. The molecule has 0 aromatic heterocycles. The summed E-state index contributed by atoms with van der Waals surface area (Å²) in [4.78, 5) is 27.0. The molecule has 0 saturated carbocycles. The number of esters is 2. The maximum Gasteiger partial charge on any atom is 0.355 e. The molecule has 0 aliphatic carbocycles. The Hall–Kier alpha value is -2.19. The molecule has 1 heterocycles. The van der Waals surface area contributed by atoms with E-state index in [9.17, 15) is 9.59 Å². The van der Waals surface area contributed by atoms with Crippen molar-refractivity contribution in [1.29, 1.82) is 0 Å². The molecule has 1 aliphatic heterocycles. The van der Waals surface area contributed by atoms with E-state index in [0.29, 0.717) is 21.5 Å². The summed E-state index contributed by atoms with van der Waals surface area (Å²) in [6, 6.07) is 13.0. The summed E-state index contributed by atoms with van der Waals surface area (Å²) < 4.78 is 15.1. The summed E-state index contributed by atoms with van der Waals surface area (Å²) in [6.45, 7) is 0.0845. The number of carbonyl (C=O) groups excluding carboxylic acids is 2. The molecule has 30 heavy (non-hydrogen) atoms. The van der Waals surface area contributed by atoms with Gasteiger partial charge in [0, 0.05) is 26.4 Å². The van der Waals surface area contributed by atoms with Gasteiger partial charge in [0.25, 0.3) is 0 Å². The van der Waals surface area contributed by atoms with Crippen LogP contribution >= 0.6 is 35.0 Å². The van der Waals surface area contributed by atoms with Gasteiger partial charge >= 0.3 is 11.9 Å². The van der Waals surface area contributed by atoms with E-state index in [1.807, 2.05) is 36.4 Å². The third-order valence-corrected chi connectivity index (χ3v) is 6.04. The smallest absolute Gasteiger partial charge is 0.355 e. The number of anilines is 1. The average molecular weight is 468 g/mol. The summed E-state index contributed by atoms with van der Waals surface area (Å²) in [5.41, 5.74) is 1.90. The lowest BCUT2D eigenvalue weighted by Gasteiger charge is -2.31. The fourth-order valence-electron chi connectivity index (χ4n) is 2.87. The Morgan fingerprint density at radius 2 is 1.77 bits per heavy atom. The van der Waals surface area contributed by atoms with Crippen molar-refractivity contribution in [1.82, 2.24) is 0 Å². The number of carbonyl (C=O) groups is 2. The average Bonchev–Trinajstić information content (AvgIpc) is 2.77. The van der Waals surface area contributed by atoms with Crippen molar-refractivity contribution < 1.29 is 23.8 Å². The van der Waals surface area contributed by atoms with Crippen molar-refractivity contribution >= 4 is 52.6 Å². The Balaban J connectivity index is 1.80. The third kappa shape index (κ3) is 5.10. The van der Waals surface area contributed by atoms with Gasteiger partial charge in [0.05, 0.1) is 26.4 Å². The van der Waals surface area contributed by atoms with Crippen molar-refractivity contribution in [2.75, 3.05) is 32.5 Å². The SMILES string of the molecule is COC(=O)C1=C(C(=O)OC)N(c2ccc(SCc3ccc(Cl)cc3Cl)cc2)COC1. The summed E-state index contributed by atoms with van der Waals surface area (Å²) >= 11 is 13.8. The number of benzene rings is 2. The molecule has 0 atom stereocenters. The molecule has 0 bridgehead atoms. The van der Waals surface area contributed by atoms with Crippen molar-refractivity contribution in [2.24, 2.45) is 0 Å². The van der Waals surface area contributed by atoms with Crippen molar-refractivity contribution in [3.05, 3.63) is 69.3 Å². The van der Waals surface area contributed by atoms with Crippen LogP contribution in [0.3, 0.4) is 0 Å². The van der Waals surface area contributed by atoms with Crippen LogP contribution in [0.5, 0.6) is 0 Å². The van der Waals surface area contributed by atoms with Crippen LogP contribution in [-0.4, -0.2) is 39.5 Å². The Morgan fingerprint density at radius 1 is 1.07 bits per heavy atom. The highest BCUT2D eigenvalue weighted by molar-refractivity contribution is 7.98. The van der Waals surface area contributed by atoms with E-state index in [0.717, 1.165) is 10.5 Å². The molecule has 0 fully saturated rings. The largest absolute Gasteiger partial charge is 0.466 e. The van der Waals surface area contributed by atoms with Crippen LogP contribution in [0.2, 0.25) is 10.0 Å². The van der Waals surface area contributed by atoms with E-state index in [-0.39, 0.29) is 24.6 Å². The standard InChI is InChI=1S/C21H19Cl2NO5S/c1-27-20(25)17-10-29-12-24(19(17)21(26)28-2)15-5-7-16(8-6-15)30-11-13-3-4-14(22)9-18(13)23/h3-9H,10-12H2,1-2H3. The van der Waals surface area contributed by atoms with Gasteiger partial charge in [0.15, 0.2) is 0 Å². The lowest BCUT2D eigenvalue weighted by molar-refractivity contribution is -0.140. The quantitative estimate of drug-likeness (QED) is 0.451. The Morgan fingerprint density at radius 3 is 2.40 bits per heavy atom. The van der Waals surface area contributed by atoms with Crippen LogP contribution in [0, 0.1) is 0 Å². The molecular formula is C21H19Cl2NO5S. The van der Waals surface area contributed by atoms with E-state index in [1.165, 1.54) is 14.2 Å². The normalized spacial score (nSPS) is 13.9. The number of rotatable bonds is 6. The topological polar surface area (TPSA) is 65.1 Å². The minimum atomic E-state index is -0.632. The van der Waals surface area contributed by atoms with E-state index >= 15 is 0 Å². The molecule has 3 rings (SSSR count). The fraction of sp³-hybridized carbons (Fsp3) is 0.238. The number of halogens is 2. The molecule has 6 nitrogen and oxygen atoms in total.